The highest BCUT2D eigenvalue weighted by molar-refractivity contribution is 5.79. The summed E-state index contributed by atoms with van der Waals surface area (Å²) in [6.07, 6.45) is 13.5. The fourth-order valence-electron chi connectivity index (χ4n) is 3.80. The molecule has 0 saturated heterocycles. The first-order chi connectivity index (χ1) is 19.9. The molecule has 0 unspecified atom stereocenters. The van der Waals surface area contributed by atoms with Crippen LogP contribution in [0.5, 0.6) is 0 Å². The van der Waals surface area contributed by atoms with E-state index >= 15 is 0 Å². The minimum absolute atomic E-state index is 0.0506. The van der Waals surface area contributed by atoms with Crippen LogP contribution in [0, 0.1) is 17.5 Å². The fourth-order valence-corrected chi connectivity index (χ4v) is 3.80. The maximum atomic E-state index is 13.9. The summed E-state index contributed by atoms with van der Waals surface area (Å²) in [4.78, 5) is 31.8. The average molecular weight is 553 g/mol. The summed E-state index contributed by atoms with van der Waals surface area (Å²) in [6, 6.07) is 8.53. The van der Waals surface area contributed by atoms with Gasteiger partial charge >= 0.3 is 0 Å². The van der Waals surface area contributed by atoms with E-state index in [1.807, 2.05) is 6.07 Å². The summed E-state index contributed by atoms with van der Waals surface area (Å²) < 4.78 is 41.7. The minimum atomic E-state index is -0.820. The van der Waals surface area contributed by atoms with Crippen LogP contribution in [-0.2, 0) is 0 Å². The summed E-state index contributed by atoms with van der Waals surface area (Å²) in [6.45, 7) is 0. The molecule has 4 N–H and O–H groups in total. The molecule has 0 saturated carbocycles. The topological polar surface area (TPSA) is 155 Å². The van der Waals surface area contributed by atoms with Crippen molar-refractivity contribution in [1.82, 2.24) is 39.9 Å². The van der Waals surface area contributed by atoms with Gasteiger partial charge in [-0.1, -0.05) is 0 Å². The second-order valence-electron chi connectivity index (χ2n) is 8.30. The lowest BCUT2D eigenvalue weighted by atomic mass is 10.1. The van der Waals surface area contributed by atoms with Crippen molar-refractivity contribution in [2.45, 2.75) is 0 Å². The molecule has 0 radical (unpaired) electrons. The number of hydrogen-bond acceptors (Lipinski definition) is 10. The second-order valence-corrected chi connectivity index (χ2v) is 8.30. The summed E-state index contributed by atoms with van der Waals surface area (Å²) in [5.41, 5.74) is 13.8. The first-order valence-corrected chi connectivity index (χ1v) is 11.9. The number of halogens is 3. The molecule has 6 aromatic rings. The fraction of sp³-hybridized carbons (Fsp3) is 0. The van der Waals surface area contributed by atoms with Gasteiger partial charge in [-0.15, -0.1) is 0 Å². The highest BCUT2D eigenvalue weighted by atomic mass is 19.1. The molecule has 10 nitrogen and oxygen atoms in total. The van der Waals surface area contributed by atoms with Crippen LogP contribution in [0.3, 0.4) is 0 Å². The van der Waals surface area contributed by atoms with E-state index in [2.05, 4.69) is 39.9 Å². The molecule has 0 atom stereocenters. The Morgan fingerprint density at radius 1 is 0.488 bits per heavy atom. The van der Waals surface area contributed by atoms with Gasteiger partial charge < -0.3 is 11.5 Å². The zero-order valence-electron chi connectivity index (χ0n) is 21.0. The summed E-state index contributed by atoms with van der Waals surface area (Å²) >= 11 is 0. The van der Waals surface area contributed by atoms with Gasteiger partial charge in [-0.25, -0.2) is 33.1 Å². The van der Waals surface area contributed by atoms with Crippen LogP contribution in [-0.4, -0.2) is 39.9 Å². The van der Waals surface area contributed by atoms with Crippen LogP contribution in [0.2, 0.25) is 0 Å². The van der Waals surface area contributed by atoms with Crippen molar-refractivity contribution in [2.75, 3.05) is 11.5 Å². The standard InChI is InChI=1S/C14H9F2N5.C14H10FN5/c15-9-5-19-6-10(16)12(9)14-13(21-11(17)7-20-14)8-2-1-3-18-4-8;15-11-7-18-5-3-10(11)14-13(20-12(16)8-19-14)9-2-1-4-17-6-9/h1-7H,(H2,17,21);1-8H,(H2,16,20). The summed E-state index contributed by atoms with van der Waals surface area (Å²) in [7, 11) is 0. The molecule has 0 aromatic carbocycles. The molecule has 6 heterocycles. The molecule has 0 aliphatic rings. The lowest BCUT2D eigenvalue weighted by Gasteiger charge is -2.10. The quantitative estimate of drug-likeness (QED) is 0.312. The van der Waals surface area contributed by atoms with E-state index in [9.17, 15) is 13.2 Å². The van der Waals surface area contributed by atoms with Crippen LogP contribution in [0.4, 0.5) is 24.8 Å². The molecule has 0 aliphatic carbocycles. The summed E-state index contributed by atoms with van der Waals surface area (Å²) in [5, 5.41) is 0. The van der Waals surface area contributed by atoms with Gasteiger partial charge in [0.1, 0.15) is 28.7 Å². The molecular formula is C28H19F3N10. The van der Waals surface area contributed by atoms with Gasteiger partial charge in [0.05, 0.1) is 42.2 Å². The highest BCUT2D eigenvalue weighted by Crippen LogP contribution is 2.32. The SMILES string of the molecule is Nc1cnc(-c2c(F)cncc2F)c(-c2cccnc2)n1.Nc1cnc(-c2ccncc2F)c(-c2cccnc2)n1. The molecule has 6 aromatic heterocycles. The normalized spacial score (nSPS) is 10.5. The third-order valence-corrected chi connectivity index (χ3v) is 5.57. The third-order valence-electron chi connectivity index (χ3n) is 5.57. The predicted molar refractivity (Wildman–Crippen MR) is 146 cm³/mol. The molecule has 13 heteroatoms. The molecule has 202 valence electrons. The van der Waals surface area contributed by atoms with E-state index < -0.39 is 17.5 Å². The van der Waals surface area contributed by atoms with Crippen LogP contribution in [0.15, 0.2) is 92.3 Å². The van der Waals surface area contributed by atoms with Gasteiger partial charge in [-0.3, -0.25) is 19.9 Å². The van der Waals surface area contributed by atoms with Crippen molar-refractivity contribution in [2.24, 2.45) is 0 Å². The van der Waals surface area contributed by atoms with Crippen LogP contribution in [0.25, 0.3) is 45.0 Å². The van der Waals surface area contributed by atoms with Gasteiger partial charge in [0.25, 0.3) is 0 Å². The Kier molecular flexibility index (Phi) is 7.76. The van der Waals surface area contributed by atoms with Gasteiger partial charge in [-0.2, -0.15) is 0 Å². The largest absolute Gasteiger partial charge is 0.382 e. The highest BCUT2D eigenvalue weighted by Gasteiger charge is 2.19. The van der Waals surface area contributed by atoms with Gasteiger partial charge in [0.2, 0.25) is 0 Å². The van der Waals surface area contributed by atoms with Crippen molar-refractivity contribution in [3.63, 3.8) is 0 Å². The molecule has 41 heavy (non-hydrogen) atoms. The molecule has 0 amide bonds. The maximum absolute atomic E-state index is 13.9. The predicted octanol–water partition coefficient (Wildman–Crippen LogP) is 4.78. The molecular weight excluding hydrogens is 533 g/mol. The third kappa shape index (κ3) is 5.93. The Labute approximate surface area is 231 Å². The van der Waals surface area contributed by atoms with E-state index in [1.54, 1.807) is 42.9 Å². The number of hydrogen-bond donors (Lipinski definition) is 2. The van der Waals surface area contributed by atoms with Crippen molar-refractivity contribution >= 4 is 11.6 Å². The summed E-state index contributed by atoms with van der Waals surface area (Å²) in [5.74, 6) is -1.69. The van der Waals surface area contributed by atoms with E-state index in [1.165, 1.54) is 24.8 Å². The van der Waals surface area contributed by atoms with E-state index in [4.69, 9.17) is 11.5 Å². The number of aromatic nitrogens is 8. The van der Waals surface area contributed by atoms with Gasteiger partial charge in [-0.05, 0) is 30.3 Å². The average Bonchev–Trinajstić information content (AvgIpc) is 2.99. The molecule has 0 aliphatic heterocycles. The zero-order chi connectivity index (χ0) is 28.8. The first kappa shape index (κ1) is 26.7. The molecule has 0 spiro atoms. The van der Waals surface area contributed by atoms with Crippen LogP contribution >= 0.6 is 0 Å². The Balaban J connectivity index is 0.000000165. The first-order valence-electron chi connectivity index (χ1n) is 11.9. The maximum Gasteiger partial charge on any atom is 0.153 e. The zero-order valence-corrected chi connectivity index (χ0v) is 21.0. The Morgan fingerprint density at radius 3 is 1.54 bits per heavy atom. The monoisotopic (exact) mass is 552 g/mol. The van der Waals surface area contributed by atoms with Crippen molar-refractivity contribution in [3.05, 3.63) is 110 Å². The van der Waals surface area contributed by atoms with Crippen LogP contribution < -0.4 is 11.5 Å². The van der Waals surface area contributed by atoms with Gasteiger partial charge in [0.15, 0.2) is 17.5 Å². The van der Waals surface area contributed by atoms with E-state index in [0.29, 0.717) is 22.5 Å². The smallest absolute Gasteiger partial charge is 0.153 e. The van der Waals surface area contributed by atoms with Crippen LogP contribution in [0.1, 0.15) is 0 Å². The van der Waals surface area contributed by atoms with Crippen molar-refractivity contribution < 1.29 is 13.2 Å². The Morgan fingerprint density at radius 2 is 1.00 bits per heavy atom. The number of nitrogens with zero attached hydrogens (tertiary/aromatic N) is 8. The number of nitrogen functional groups attached to an aromatic ring is 2. The Bertz CT molecular complexity index is 1790. The molecule has 0 fully saturated rings. The van der Waals surface area contributed by atoms with E-state index in [-0.39, 0.29) is 28.6 Å². The van der Waals surface area contributed by atoms with Crippen molar-refractivity contribution in [1.29, 1.82) is 0 Å². The molecule has 0 bridgehead atoms. The number of anilines is 2. The Hall–Kier alpha value is -5.85. The lowest BCUT2D eigenvalue weighted by molar-refractivity contribution is 0.578. The minimum Gasteiger partial charge on any atom is -0.382 e. The second kappa shape index (κ2) is 11.9. The number of pyridine rings is 4. The number of rotatable bonds is 4. The number of nitrogens with two attached hydrogens (primary N) is 2. The lowest BCUT2D eigenvalue weighted by Crippen LogP contribution is -2.01. The van der Waals surface area contributed by atoms with Gasteiger partial charge in [0, 0.05) is 47.7 Å². The van der Waals surface area contributed by atoms with Crippen molar-refractivity contribution in [3.8, 4) is 45.0 Å². The molecule has 6 rings (SSSR count). The van der Waals surface area contributed by atoms with E-state index in [0.717, 1.165) is 24.2 Å².